The van der Waals surface area contributed by atoms with Crippen LogP contribution in [0.1, 0.15) is 11.1 Å². The molecule has 2 aromatic rings. The number of pyridine rings is 1. The summed E-state index contributed by atoms with van der Waals surface area (Å²) < 4.78 is 13.3. The molecule has 0 radical (unpaired) electrons. The standard InChI is InChI=1S/C15H18FN3/c1-19(11-12-5-8-18-9-6-12)15-3-2-14(16)10-13(15)4-7-17/h2-3,5-6,8-10H,4,7,11,17H2,1H3. The topological polar surface area (TPSA) is 42.2 Å². The summed E-state index contributed by atoms with van der Waals surface area (Å²) in [5.74, 6) is -0.218. The Bertz CT molecular complexity index is 528. The summed E-state index contributed by atoms with van der Waals surface area (Å²) >= 11 is 0. The Morgan fingerprint density at radius 3 is 2.63 bits per heavy atom. The van der Waals surface area contributed by atoms with Crippen molar-refractivity contribution in [1.82, 2.24) is 4.98 Å². The molecular weight excluding hydrogens is 241 g/mol. The third-order valence-corrected chi connectivity index (χ3v) is 3.04. The van der Waals surface area contributed by atoms with Gasteiger partial charge in [0, 0.05) is 31.7 Å². The third-order valence-electron chi connectivity index (χ3n) is 3.04. The molecule has 1 aromatic heterocycles. The van der Waals surface area contributed by atoms with Crippen LogP contribution in [0.3, 0.4) is 0 Å². The van der Waals surface area contributed by atoms with Crippen molar-refractivity contribution in [2.75, 3.05) is 18.5 Å². The van der Waals surface area contributed by atoms with E-state index in [2.05, 4.69) is 9.88 Å². The van der Waals surface area contributed by atoms with Crippen molar-refractivity contribution in [3.63, 3.8) is 0 Å². The van der Waals surface area contributed by atoms with E-state index in [9.17, 15) is 4.39 Å². The number of rotatable bonds is 5. The number of nitrogens with zero attached hydrogens (tertiary/aromatic N) is 2. The number of hydrogen-bond acceptors (Lipinski definition) is 3. The summed E-state index contributed by atoms with van der Waals surface area (Å²) in [5, 5.41) is 0. The Hall–Kier alpha value is -1.94. The molecule has 1 heterocycles. The van der Waals surface area contributed by atoms with E-state index in [0.29, 0.717) is 13.0 Å². The SMILES string of the molecule is CN(Cc1ccncc1)c1ccc(F)cc1CCN. The Balaban J connectivity index is 2.20. The van der Waals surface area contributed by atoms with Crippen molar-refractivity contribution >= 4 is 5.69 Å². The van der Waals surface area contributed by atoms with Crippen LogP contribution in [0, 0.1) is 5.82 Å². The van der Waals surface area contributed by atoms with E-state index in [0.717, 1.165) is 17.8 Å². The second-order valence-corrected chi connectivity index (χ2v) is 4.52. The van der Waals surface area contributed by atoms with Gasteiger partial charge in [-0.25, -0.2) is 4.39 Å². The van der Waals surface area contributed by atoms with Crippen LogP contribution in [0.25, 0.3) is 0 Å². The Kier molecular flexibility index (Phi) is 4.47. The van der Waals surface area contributed by atoms with Crippen molar-refractivity contribution in [1.29, 1.82) is 0 Å². The highest BCUT2D eigenvalue weighted by Crippen LogP contribution is 2.22. The first-order valence-corrected chi connectivity index (χ1v) is 6.29. The normalized spacial score (nSPS) is 10.5. The van der Waals surface area contributed by atoms with Gasteiger partial charge in [-0.1, -0.05) is 0 Å². The monoisotopic (exact) mass is 259 g/mol. The second kappa shape index (κ2) is 6.29. The molecule has 0 aliphatic heterocycles. The molecule has 0 aliphatic rings. The number of hydrogen-bond donors (Lipinski definition) is 1. The number of aromatic nitrogens is 1. The first-order chi connectivity index (χ1) is 9.20. The molecule has 0 atom stereocenters. The largest absolute Gasteiger partial charge is 0.370 e. The lowest BCUT2D eigenvalue weighted by Gasteiger charge is -2.22. The van der Waals surface area contributed by atoms with E-state index < -0.39 is 0 Å². The first kappa shape index (κ1) is 13.5. The fourth-order valence-electron chi connectivity index (χ4n) is 2.13. The molecule has 2 N–H and O–H groups in total. The Labute approximate surface area is 112 Å². The van der Waals surface area contributed by atoms with Gasteiger partial charge < -0.3 is 10.6 Å². The average molecular weight is 259 g/mol. The predicted octanol–water partition coefficient (Wildman–Crippen LogP) is 2.36. The molecule has 1 aromatic carbocycles. The number of halogens is 1. The minimum Gasteiger partial charge on any atom is -0.370 e. The van der Waals surface area contributed by atoms with Gasteiger partial charge >= 0.3 is 0 Å². The molecule has 19 heavy (non-hydrogen) atoms. The van der Waals surface area contributed by atoms with Gasteiger partial charge in [-0.2, -0.15) is 0 Å². The minimum absolute atomic E-state index is 0.218. The van der Waals surface area contributed by atoms with Gasteiger partial charge in [-0.05, 0) is 54.4 Å². The lowest BCUT2D eigenvalue weighted by atomic mass is 10.1. The summed E-state index contributed by atoms with van der Waals surface area (Å²) in [6.07, 6.45) is 4.22. The maximum Gasteiger partial charge on any atom is 0.123 e. The highest BCUT2D eigenvalue weighted by atomic mass is 19.1. The Morgan fingerprint density at radius 2 is 1.95 bits per heavy atom. The third kappa shape index (κ3) is 3.51. The van der Waals surface area contributed by atoms with Gasteiger partial charge in [0.2, 0.25) is 0 Å². The molecule has 4 heteroatoms. The summed E-state index contributed by atoms with van der Waals surface area (Å²) in [6, 6.07) is 8.80. The van der Waals surface area contributed by atoms with Crippen molar-refractivity contribution in [2.45, 2.75) is 13.0 Å². The Morgan fingerprint density at radius 1 is 1.21 bits per heavy atom. The highest BCUT2D eigenvalue weighted by molar-refractivity contribution is 5.53. The molecule has 0 unspecified atom stereocenters. The van der Waals surface area contributed by atoms with Crippen LogP contribution >= 0.6 is 0 Å². The van der Waals surface area contributed by atoms with Crippen LogP contribution in [-0.2, 0) is 13.0 Å². The van der Waals surface area contributed by atoms with Crippen molar-refractivity contribution in [3.8, 4) is 0 Å². The van der Waals surface area contributed by atoms with Crippen LogP contribution in [-0.4, -0.2) is 18.6 Å². The van der Waals surface area contributed by atoms with Crippen LogP contribution in [0.4, 0.5) is 10.1 Å². The molecule has 0 fully saturated rings. The highest BCUT2D eigenvalue weighted by Gasteiger charge is 2.08. The average Bonchev–Trinajstić information content (AvgIpc) is 2.40. The molecule has 0 amide bonds. The van der Waals surface area contributed by atoms with Gasteiger partial charge in [-0.15, -0.1) is 0 Å². The van der Waals surface area contributed by atoms with Crippen molar-refractivity contribution in [2.24, 2.45) is 5.73 Å². The lowest BCUT2D eigenvalue weighted by molar-refractivity contribution is 0.625. The van der Waals surface area contributed by atoms with Gasteiger partial charge in [0.15, 0.2) is 0 Å². The molecule has 3 nitrogen and oxygen atoms in total. The minimum atomic E-state index is -0.218. The molecule has 0 bridgehead atoms. The maximum absolute atomic E-state index is 13.3. The second-order valence-electron chi connectivity index (χ2n) is 4.52. The van der Waals surface area contributed by atoms with Crippen LogP contribution < -0.4 is 10.6 Å². The van der Waals surface area contributed by atoms with E-state index in [1.807, 2.05) is 25.2 Å². The van der Waals surface area contributed by atoms with Gasteiger partial charge in [-0.3, -0.25) is 4.98 Å². The number of nitrogens with two attached hydrogens (primary N) is 1. The molecule has 0 saturated heterocycles. The zero-order valence-electron chi connectivity index (χ0n) is 11.0. The quantitative estimate of drug-likeness (QED) is 0.896. The summed E-state index contributed by atoms with van der Waals surface area (Å²) in [4.78, 5) is 6.10. The summed E-state index contributed by atoms with van der Waals surface area (Å²) in [7, 11) is 1.99. The number of anilines is 1. The van der Waals surface area contributed by atoms with Crippen LogP contribution in [0.2, 0.25) is 0 Å². The molecule has 100 valence electrons. The van der Waals surface area contributed by atoms with Gasteiger partial charge in [0.1, 0.15) is 5.82 Å². The van der Waals surface area contributed by atoms with E-state index in [4.69, 9.17) is 5.73 Å². The predicted molar refractivity (Wildman–Crippen MR) is 75.5 cm³/mol. The molecule has 2 rings (SSSR count). The summed E-state index contributed by atoms with van der Waals surface area (Å²) in [6.45, 7) is 1.27. The van der Waals surface area contributed by atoms with E-state index in [1.165, 1.54) is 11.6 Å². The molecule has 0 spiro atoms. The van der Waals surface area contributed by atoms with E-state index in [1.54, 1.807) is 18.5 Å². The van der Waals surface area contributed by atoms with Crippen molar-refractivity contribution < 1.29 is 4.39 Å². The molecular formula is C15H18FN3. The summed E-state index contributed by atoms with van der Waals surface area (Å²) in [5.41, 5.74) is 8.71. The van der Waals surface area contributed by atoms with Gasteiger partial charge in [0.25, 0.3) is 0 Å². The fraction of sp³-hybridized carbons (Fsp3) is 0.267. The van der Waals surface area contributed by atoms with Crippen molar-refractivity contribution in [3.05, 3.63) is 59.7 Å². The van der Waals surface area contributed by atoms with Crippen LogP contribution in [0.15, 0.2) is 42.7 Å². The van der Waals surface area contributed by atoms with E-state index in [-0.39, 0.29) is 5.82 Å². The molecule has 0 aliphatic carbocycles. The molecule has 0 saturated carbocycles. The van der Waals surface area contributed by atoms with Gasteiger partial charge in [0.05, 0.1) is 0 Å². The zero-order chi connectivity index (χ0) is 13.7. The maximum atomic E-state index is 13.3. The fourth-order valence-corrected chi connectivity index (χ4v) is 2.13. The van der Waals surface area contributed by atoms with E-state index >= 15 is 0 Å². The smallest absolute Gasteiger partial charge is 0.123 e. The first-order valence-electron chi connectivity index (χ1n) is 6.29. The lowest BCUT2D eigenvalue weighted by Crippen LogP contribution is -2.19. The van der Waals surface area contributed by atoms with Crippen LogP contribution in [0.5, 0.6) is 0 Å². The zero-order valence-corrected chi connectivity index (χ0v) is 11.0. The number of benzene rings is 1.